The van der Waals surface area contributed by atoms with Gasteiger partial charge in [-0.3, -0.25) is 49.8 Å². The number of nitrogens with zero attached hydrogens (tertiary/aromatic N) is 13. The third-order valence-electron chi connectivity index (χ3n) is 22.9. The summed E-state index contributed by atoms with van der Waals surface area (Å²) < 4.78 is 15.4. The van der Waals surface area contributed by atoms with Gasteiger partial charge >= 0.3 is 14.2 Å². The number of rotatable bonds is 9. The molecule has 1 aliphatic rings. The van der Waals surface area contributed by atoms with Gasteiger partial charge in [0, 0.05) is 146 Å². The topological polar surface area (TPSA) is 226 Å². The van der Waals surface area contributed by atoms with Crippen LogP contribution in [0, 0.1) is 0 Å². The standard InChI is InChI=1S/C45H27N7.C24H23BN2O2.C18H11BrN2.C12H7BrN2.C6H6BBrO2/c1-2-8-30(9-3-1)43-50-44(31-18-14-28(15-19-31)37-26-33-10-4-22-46-39(33)41-35(37)12-6-24-48-41)52-45(51-43)32-20-16-29(17-21-32)38-27-34-11-5-23-47-40(34)42-36(38)13-7-25-49-42;1-23(2)24(3,4)29-25(28-23)18-11-9-16(10-12-18)20-15-17-7-5-13-26-21(17)22-19(20)8-6-14-27-22;19-14-7-5-12(6-8-14)16-11-13-3-1-9-20-17(13)18-15(16)4-2-10-21-18;13-10-7-8-3-1-5-14-11(8)12-9(10)4-2-6-15-12;8-6-3-1-5(2-4-6)7(9)10/h1-27H;5-15H,1-4H3;1-11H;1-7H;1-4,9-10H. The predicted octanol–water partition coefficient (Wildman–Crippen LogP) is 24.0. The minimum absolute atomic E-state index is 0.344. The third-order valence-corrected chi connectivity index (χ3v) is 24.6. The highest BCUT2D eigenvalue weighted by Gasteiger charge is 2.51. The van der Waals surface area contributed by atoms with E-state index < -0.39 is 7.12 Å². The van der Waals surface area contributed by atoms with E-state index in [1.165, 1.54) is 11.1 Å². The van der Waals surface area contributed by atoms with E-state index >= 15 is 0 Å². The number of hydrogen-bond acceptors (Lipinski definition) is 17. The van der Waals surface area contributed by atoms with Crippen LogP contribution in [-0.4, -0.2) is 100 Å². The maximum Gasteiger partial charge on any atom is 0.494 e. The molecule has 22 heteroatoms. The Balaban J connectivity index is 0.000000117. The molecular weight excluding hydrogens is 1770 g/mol. The molecule has 23 rings (SSSR count). The van der Waals surface area contributed by atoms with E-state index in [1.54, 1.807) is 36.7 Å². The average Bonchev–Trinajstić information content (AvgIpc) is 1.38. The van der Waals surface area contributed by atoms with E-state index in [1.807, 2.05) is 153 Å². The van der Waals surface area contributed by atoms with Crippen molar-refractivity contribution in [1.82, 2.24) is 64.8 Å². The third kappa shape index (κ3) is 17.1. The Morgan fingerprint density at radius 3 is 0.835 bits per heavy atom. The zero-order valence-corrected chi connectivity index (χ0v) is 73.7. The first kappa shape index (κ1) is 82.5. The van der Waals surface area contributed by atoms with Crippen LogP contribution in [0.2, 0.25) is 0 Å². The van der Waals surface area contributed by atoms with Crippen LogP contribution in [0.15, 0.2) is 379 Å². The van der Waals surface area contributed by atoms with Gasteiger partial charge in [0.2, 0.25) is 0 Å². The van der Waals surface area contributed by atoms with Gasteiger partial charge in [-0.2, -0.15) is 0 Å². The van der Waals surface area contributed by atoms with Gasteiger partial charge < -0.3 is 19.4 Å². The first-order valence-electron chi connectivity index (χ1n) is 41.2. The van der Waals surface area contributed by atoms with Gasteiger partial charge in [-0.1, -0.05) is 236 Å². The largest absolute Gasteiger partial charge is 0.494 e. The first-order valence-corrected chi connectivity index (χ1v) is 43.5. The van der Waals surface area contributed by atoms with Gasteiger partial charge in [0.1, 0.15) is 0 Å². The summed E-state index contributed by atoms with van der Waals surface area (Å²) >= 11 is 10.3. The summed E-state index contributed by atoms with van der Waals surface area (Å²) in [6, 6.07) is 102. The van der Waals surface area contributed by atoms with Crippen molar-refractivity contribution in [3.8, 4) is 78.7 Å². The lowest BCUT2D eigenvalue weighted by Crippen LogP contribution is -2.41. The second-order valence-corrected chi connectivity index (χ2v) is 34.1. The maximum absolute atomic E-state index is 8.65. The van der Waals surface area contributed by atoms with Crippen molar-refractivity contribution in [2.45, 2.75) is 38.9 Å². The fraction of sp³-hybridized carbons (Fsp3) is 0.0571. The zero-order valence-electron chi connectivity index (χ0n) is 69.0. The van der Waals surface area contributed by atoms with Crippen molar-refractivity contribution < 1.29 is 19.4 Å². The molecule has 1 saturated heterocycles. The Bertz CT molecular complexity index is 7680. The van der Waals surface area contributed by atoms with Crippen molar-refractivity contribution in [2.24, 2.45) is 0 Å². The Hall–Kier alpha value is -14.1. The van der Waals surface area contributed by atoms with Crippen LogP contribution >= 0.6 is 47.8 Å². The fourth-order valence-corrected chi connectivity index (χ4v) is 16.9. The van der Waals surface area contributed by atoms with Gasteiger partial charge in [0.15, 0.2) is 17.5 Å². The summed E-state index contributed by atoms with van der Waals surface area (Å²) in [5, 5.41) is 28.2. The molecule has 0 amide bonds. The molecule has 2 N–H and O–H groups in total. The average molecular weight is 1840 g/mol. The molecule has 0 unspecified atom stereocenters. The van der Waals surface area contributed by atoms with Crippen LogP contribution in [0.3, 0.4) is 0 Å². The lowest BCUT2D eigenvalue weighted by Gasteiger charge is -2.32. The molecule has 11 aromatic carbocycles. The van der Waals surface area contributed by atoms with E-state index in [9.17, 15) is 0 Å². The van der Waals surface area contributed by atoms with E-state index in [4.69, 9.17) is 44.3 Å². The molecule has 0 radical (unpaired) electrons. The molecule has 0 aliphatic carbocycles. The van der Waals surface area contributed by atoms with Gasteiger partial charge in [0.05, 0.1) is 66.4 Å². The quantitative estimate of drug-likeness (QED) is 0.101. The molecule has 12 heterocycles. The highest BCUT2D eigenvalue weighted by atomic mass is 79.9. The van der Waals surface area contributed by atoms with Crippen LogP contribution in [0.4, 0.5) is 0 Å². The molecule has 22 aromatic rings. The van der Waals surface area contributed by atoms with Crippen LogP contribution in [0.1, 0.15) is 27.7 Å². The molecule has 0 atom stereocenters. The second-order valence-electron chi connectivity index (χ2n) is 31.4. The zero-order chi connectivity index (χ0) is 86.7. The van der Waals surface area contributed by atoms with Crippen molar-refractivity contribution in [3.05, 3.63) is 379 Å². The smallest absolute Gasteiger partial charge is 0.423 e. The fourth-order valence-electron chi connectivity index (χ4n) is 15.8. The molecule has 610 valence electrons. The Morgan fingerprint density at radius 2 is 0.512 bits per heavy atom. The van der Waals surface area contributed by atoms with Gasteiger partial charge in [0.25, 0.3) is 0 Å². The number of aromatic nitrogens is 13. The molecule has 0 spiro atoms. The number of hydrogen-bond donors (Lipinski definition) is 2. The number of benzene rings is 11. The molecule has 0 saturated carbocycles. The minimum atomic E-state index is -1.37. The van der Waals surface area contributed by atoms with Crippen LogP contribution in [-0.2, 0) is 9.31 Å². The van der Waals surface area contributed by atoms with Crippen LogP contribution in [0.25, 0.3) is 188 Å². The Morgan fingerprint density at radius 1 is 0.260 bits per heavy atom. The molecule has 17 nitrogen and oxygen atoms in total. The number of pyridine rings is 10. The van der Waals surface area contributed by atoms with E-state index in [2.05, 4.69) is 291 Å². The normalized spacial score (nSPS) is 12.7. The summed E-state index contributed by atoms with van der Waals surface area (Å²) in [5.41, 5.74) is 21.8. The SMILES string of the molecule is Brc1cc2cccnc2c2ncccc12.Brc1ccc(-c2cc3cccnc3c3ncccc23)cc1.CC1(C)OB(c2ccc(-c3cc4cccnc4c4ncccc34)cc2)OC1(C)C.OB(O)c1ccc(Br)cc1.c1ccc(-c2nc(-c3ccc(-c4cc5cccnc5c5ncccc45)cc3)nc(-c3ccc(-c4cc5cccnc5c5ncccc45)cc3)n2)cc1. The van der Waals surface area contributed by atoms with Crippen molar-refractivity contribution in [1.29, 1.82) is 0 Å². The minimum Gasteiger partial charge on any atom is -0.423 e. The lowest BCUT2D eigenvalue weighted by molar-refractivity contribution is 0.00578. The second kappa shape index (κ2) is 35.9. The molecule has 1 aliphatic heterocycles. The lowest BCUT2D eigenvalue weighted by atomic mass is 9.78. The predicted molar refractivity (Wildman–Crippen MR) is 525 cm³/mol. The summed E-state index contributed by atoms with van der Waals surface area (Å²) in [4.78, 5) is 60.5. The number of fused-ring (bicyclic) bond motifs is 15. The van der Waals surface area contributed by atoms with Crippen molar-refractivity contribution in [3.63, 3.8) is 0 Å². The monoisotopic (exact) mass is 1840 g/mol. The van der Waals surface area contributed by atoms with Gasteiger partial charge in [-0.25, -0.2) is 15.0 Å². The molecule has 127 heavy (non-hydrogen) atoms. The van der Waals surface area contributed by atoms with Gasteiger partial charge in [-0.05, 0) is 198 Å². The highest BCUT2D eigenvalue weighted by Crippen LogP contribution is 2.42. The maximum atomic E-state index is 8.65. The van der Waals surface area contributed by atoms with E-state index in [-0.39, 0.29) is 18.3 Å². The van der Waals surface area contributed by atoms with E-state index in [0.29, 0.717) is 22.9 Å². The van der Waals surface area contributed by atoms with Gasteiger partial charge in [-0.15, -0.1) is 0 Å². The molecule has 0 bridgehead atoms. The van der Waals surface area contributed by atoms with Crippen LogP contribution < -0.4 is 10.9 Å². The van der Waals surface area contributed by atoms with E-state index in [0.717, 1.165) is 178 Å². The molecule has 1 fully saturated rings. The summed E-state index contributed by atoms with van der Waals surface area (Å²) in [6.45, 7) is 8.29. The van der Waals surface area contributed by atoms with Crippen molar-refractivity contribution >= 4 is 182 Å². The first-order chi connectivity index (χ1) is 62.0. The molecular formula is C105H74B2Br3N13O4. The Labute approximate surface area is 756 Å². The number of halogens is 3. The Kier molecular flexibility index (Phi) is 23.3. The van der Waals surface area contributed by atoms with Crippen molar-refractivity contribution in [2.75, 3.05) is 0 Å². The van der Waals surface area contributed by atoms with Crippen LogP contribution in [0.5, 0.6) is 0 Å². The summed E-state index contributed by atoms with van der Waals surface area (Å²) in [7, 11) is -1.72. The molecule has 11 aromatic heterocycles. The summed E-state index contributed by atoms with van der Waals surface area (Å²) in [5.74, 6) is 1.83. The highest BCUT2D eigenvalue weighted by molar-refractivity contribution is 9.11. The summed E-state index contributed by atoms with van der Waals surface area (Å²) in [6.07, 6.45) is 18.1.